The standard InChI is InChI=1S/C21H23F6N3O2/c22-15-4-13(17(23)24)3-14(5-15)18(32)28-8-12-6-19(7-12)10-30(11-19)9-16(31)29-20(1-2-20)21(25,26)27/h3-5,12,17H,1-2,6-11H2,(H,28,32)(H,29,31). The van der Waals surface area contributed by atoms with E-state index in [1.165, 1.54) is 0 Å². The lowest BCUT2D eigenvalue weighted by atomic mass is 9.57. The molecule has 176 valence electrons. The number of rotatable bonds is 7. The Morgan fingerprint density at radius 1 is 1.12 bits per heavy atom. The molecular formula is C21H23F6N3O2. The van der Waals surface area contributed by atoms with Crippen LogP contribution < -0.4 is 10.6 Å². The highest BCUT2D eigenvalue weighted by molar-refractivity contribution is 5.94. The van der Waals surface area contributed by atoms with Crippen LogP contribution in [0.15, 0.2) is 18.2 Å². The summed E-state index contributed by atoms with van der Waals surface area (Å²) in [5.41, 5.74) is -2.77. The molecule has 3 aliphatic rings. The predicted octanol–water partition coefficient (Wildman–Crippen LogP) is 3.42. The summed E-state index contributed by atoms with van der Waals surface area (Å²) in [5.74, 6) is -2.00. The van der Waals surface area contributed by atoms with Crippen molar-refractivity contribution in [1.82, 2.24) is 15.5 Å². The second kappa shape index (κ2) is 7.93. The Morgan fingerprint density at radius 3 is 2.34 bits per heavy atom. The third kappa shape index (κ3) is 4.57. The number of halogens is 6. The smallest absolute Gasteiger partial charge is 0.352 e. The molecular weight excluding hydrogens is 440 g/mol. The van der Waals surface area contributed by atoms with Gasteiger partial charge in [-0.05, 0) is 55.2 Å². The van der Waals surface area contributed by atoms with Crippen LogP contribution in [0, 0.1) is 17.2 Å². The van der Waals surface area contributed by atoms with Gasteiger partial charge in [-0.3, -0.25) is 14.5 Å². The molecule has 0 unspecified atom stereocenters. The third-order valence-corrected chi connectivity index (χ3v) is 6.59. The van der Waals surface area contributed by atoms with Crippen LogP contribution in [0.3, 0.4) is 0 Å². The van der Waals surface area contributed by atoms with Crippen molar-refractivity contribution in [3.8, 4) is 0 Å². The monoisotopic (exact) mass is 463 g/mol. The van der Waals surface area contributed by atoms with Crippen molar-refractivity contribution in [2.75, 3.05) is 26.2 Å². The molecule has 1 saturated heterocycles. The van der Waals surface area contributed by atoms with Gasteiger partial charge in [0.05, 0.1) is 6.54 Å². The Morgan fingerprint density at radius 2 is 1.78 bits per heavy atom. The summed E-state index contributed by atoms with van der Waals surface area (Å²) >= 11 is 0. The van der Waals surface area contributed by atoms with E-state index in [4.69, 9.17) is 0 Å². The minimum atomic E-state index is -4.43. The van der Waals surface area contributed by atoms with Gasteiger partial charge in [0.25, 0.3) is 12.3 Å². The van der Waals surface area contributed by atoms with Gasteiger partial charge in [-0.15, -0.1) is 0 Å². The highest BCUT2D eigenvalue weighted by Crippen LogP contribution is 2.52. The Balaban J connectivity index is 1.17. The number of hydrogen-bond donors (Lipinski definition) is 2. The SMILES string of the molecule is O=C(CN1CC2(CC(CNC(=O)c3cc(F)cc(C(F)F)c3)C2)C1)NC1(C(F)(F)F)CC1. The summed E-state index contributed by atoms with van der Waals surface area (Å²) < 4.78 is 77.8. The van der Waals surface area contributed by atoms with Gasteiger partial charge in [0, 0.05) is 30.8 Å². The van der Waals surface area contributed by atoms with Crippen LogP contribution in [0.25, 0.3) is 0 Å². The van der Waals surface area contributed by atoms with E-state index in [9.17, 15) is 35.9 Å². The maximum absolute atomic E-state index is 13.5. The molecule has 0 radical (unpaired) electrons. The number of alkyl halides is 5. The molecule has 1 spiro atoms. The molecule has 5 nitrogen and oxygen atoms in total. The molecule has 0 aromatic heterocycles. The van der Waals surface area contributed by atoms with E-state index in [2.05, 4.69) is 10.6 Å². The summed E-state index contributed by atoms with van der Waals surface area (Å²) in [7, 11) is 0. The Hall–Kier alpha value is -2.30. The van der Waals surface area contributed by atoms with Crippen LogP contribution in [-0.4, -0.2) is 54.6 Å². The van der Waals surface area contributed by atoms with Crippen molar-refractivity contribution in [2.24, 2.45) is 11.3 Å². The van der Waals surface area contributed by atoms with Crippen LogP contribution in [-0.2, 0) is 4.79 Å². The van der Waals surface area contributed by atoms with E-state index in [1.54, 1.807) is 4.90 Å². The fourth-order valence-electron chi connectivity index (χ4n) is 4.90. The molecule has 1 aliphatic heterocycles. The third-order valence-electron chi connectivity index (χ3n) is 6.59. The first kappa shape index (κ1) is 22.9. The fraction of sp³-hybridized carbons (Fsp3) is 0.619. The summed E-state index contributed by atoms with van der Waals surface area (Å²) in [5, 5.41) is 4.75. The van der Waals surface area contributed by atoms with Crippen molar-refractivity contribution in [1.29, 1.82) is 0 Å². The van der Waals surface area contributed by atoms with Gasteiger partial charge < -0.3 is 10.6 Å². The lowest BCUT2D eigenvalue weighted by Gasteiger charge is -2.59. The number of carbonyl (C=O) groups excluding carboxylic acids is 2. The van der Waals surface area contributed by atoms with E-state index in [-0.39, 0.29) is 36.3 Å². The molecule has 2 amide bonds. The van der Waals surface area contributed by atoms with Crippen molar-refractivity contribution in [2.45, 2.75) is 43.8 Å². The number of carbonyl (C=O) groups is 2. The number of hydrogen-bond acceptors (Lipinski definition) is 3. The molecule has 11 heteroatoms. The average Bonchev–Trinajstić information content (AvgIpc) is 3.41. The second-order valence-corrected chi connectivity index (χ2v) is 9.33. The molecule has 3 fully saturated rings. The van der Waals surface area contributed by atoms with Crippen LogP contribution in [0.1, 0.15) is 48.0 Å². The molecule has 32 heavy (non-hydrogen) atoms. The Bertz CT molecular complexity index is 901. The van der Waals surface area contributed by atoms with E-state index in [0.717, 1.165) is 25.0 Å². The van der Waals surface area contributed by atoms with Gasteiger partial charge in [-0.2, -0.15) is 13.2 Å². The van der Waals surface area contributed by atoms with Crippen molar-refractivity contribution in [3.63, 3.8) is 0 Å². The molecule has 1 aromatic rings. The summed E-state index contributed by atoms with van der Waals surface area (Å²) in [4.78, 5) is 25.9. The molecule has 2 N–H and O–H groups in total. The van der Waals surface area contributed by atoms with Crippen LogP contribution in [0.4, 0.5) is 26.3 Å². The lowest BCUT2D eigenvalue weighted by molar-refractivity contribution is -0.172. The quantitative estimate of drug-likeness (QED) is 0.610. The number of benzene rings is 1. The van der Waals surface area contributed by atoms with Gasteiger partial charge in [0.1, 0.15) is 11.4 Å². The van der Waals surface area contributed by atoms with Crippen molar-refractivity contribution < 1.29 is 35.9 Å². The normalized spacial score (nSPS) is 21.7. The first-order chi connectivity index (χ1) is 14.9. The number of nitrogens with one attached hydrogen (secondary N) is 2. The average molecular weight is 463 g/mol. The fourth-order valence-corrected chi connectivity index (χ4v) is 4.90. The maximum Gasteiger partial charge on any atom is 0.411 e. The highest BCUT2D eigenvalue weighted by atomic mass is 19.4. The van der Waals surface area contributed by atoms with Gasteiger partial charge in [-0.25, -0.2) is 13.2 Å². The number of amides is 2. The topological polar surface area (TPSA) is 61.4 Å². The molecule has 0 bridgehead atoms. The highest BCUT2D eigenvalue weighted by Gasteiger charge is 2.64. The summed E-state index contributed by atoms with van der Waals surface area (Å²) in [6.07, 6.45) is -5.92. The zero-order valence-electron chi connectivity index (χ0n) is 17.1. The first-order valence-corrected chi connectivity index (χ1v) is 10.4. The van der Waals surface area contributed by atoms with E-state index in [1.807, 2.05) is 0 Å². The lowest BCUT2D eigenvalue weighted by Crippen LogP contribution is -2.65. The number of likely N-dealkylation sites (tertiary alicyclic amines) is 1. The zero-order chi connectivity index (χ0) is 23.3. The second-order valence-electron chi connectivity index (χ2n) is 9.33. The number of nitrogens with zero attached hydrogens (tertiary/aromatic N) is 1. The van der Waals surface area contributed by atoms with E-state index in [0.29, 0.717) is 25.7 Å². The summed E-state index contributed by atoms with van der Waals surface area (Å²) in [6, 6.07) is 2.56. The summed E-state index contributed by atoms with van der Waals surface area (Å²) in [6.45, 7) is 1.44. The Labute approximate surface area is 180 Å². The van der Waals surface area contributed by atoms with Crippen molar-refractivity contribution in [3.05, 3.63) is 35.1 Å². The largest absolute Gasteiger partial charge is 0.411 e. The minimum Gasteiger partial charge on any atom is -0.352 e. The Kier molecular flexibility index (Phi) is 5.67. The van der Waals surface area contributed by atoms with E-state index >= 15 is 0 Å². The molecule has 2 aliphatic carbocycles. The first-order valence-electron chi connectivity index (χ1n) is 10.4. The van der Waals surface area contributed by atoms with E-state index < -0.39 is 41.3 Å². The molecule has 2 saturated carbocycles. The molecule has 0 atom stereocenters. The van der Waals surface area contributed by atoms with Crippen molar-refractivity contribution >= 4 is 11.8 Å². The van der Waals surface area contributed by atoms with Gasteiger partial charge >= 0.3 is 6.18 Å². The van der Waals surface area contributed by atoms with Crippen LogP contribution >= 0.6 is 0 Å². The van der Waals surface area contributed by atoms with Gasteiger partial charge in [0.2, 0.25) is 5.91 Å². The molecule has 1 heterocycles. The van der Waals surface area contributed by atoms with Gasteiger partial charge in [-0.1, -0.05) is 0 Å². The van der Waals surface area contributed by atoms with Crippen LogP contribution in [0.2, 0.25) is 0 Å². The molecule has 4 rings (SSSR count). The minimum absolute atomic E-state index is 0.00132. The zero-order valence-corrected chi connectivity index (χ0v) is 17.1. The maximum atomic E-state index is 13.5. The van der Waals surface area contributed by atoms with Crippen LogP contribution in [0.5, 0.6) is 0 Å². The predicted molar refractivity (Wildman–Crippen MR) is 101 cm³/mol. The molecule has 1 aromatic carbocycles. The van der Waals surface area contributed by atoms with Gasteiger partial charge in [0.15, 0.2) is 0 Å².